The first-order chi connectivity index (χ1) is 11.0. The van der Waals surface area contributed by atoms with E-state index < -0.39 is 6.04 Å². The van der Waals surface area contributed by atoms with Crippen LogP contribution in [0.2, 0.25) is 0 Å². The van der Waals surface area contributed by atoms with Crippen molar-refractivity contribution in [3.63, 3.8) is 0 Å². The van der Waals surface area contributed by atoms with Gasteiger partial charge in [0.15, 0.2) is 0 Å². The molecule has 120 valence electrons. The van der Waals surface area contributed by atoms with Crippen molar-refractivity contribution >= 4 is 5.91 Å². The smallest absolute Gasteiger partial charge is 0.252 e. The summed E-state index contributed by atoms with van der Waals surface area (Å²) in [5.41, 5.74) is 3.64. The molecular formula is C18H22N4O. The van der Waals surface area contributed by atoms with Gasteiger partial charge in [0.05, 0.1) is 18.3 Å². The molecule has 0 bridgehead atoms. The van der Waals surface area contributed by atoms with E-state index in [9.17, 15) is 4.79 Å². The number of hydrogen-bond donors (Lipinski definition) is 1. The minimum Gasteiger partial charge on any atom is -0.336 e. The molecule has 1 atom stereocenters. The lowest BCUT2D eigenvalue weighted by atomic mass is 10.1. The number of hydrogen-bond acceptors (Lipinski definition) is 3. The van der Waals surface area contributed by atoms with Gasteiger partial charge in [-0.1, -0.05) is 25.5 Å². The van der Waals surface area contributed by atoms with Crippen molar-refractivity contribution in [3.8, 4) is 6.07 Å². The van der Waals surface area contributed by atoms with Crippen molar-refractivity contribution in [2.24, 2.45) is 0 Å². The van der Waals surface area contributed by atoms with Gasteiger partial charge in [0.25, 0.3) is 5.91 Å². The lowest BCUT2D eigenvalue weighted by molar-refractivity contribution is 0.0944. The van der Waals surface area contributed by atoms with E-state index in [1.54, 1.807) is 6.07 Å². The maximum Gasteiger partial charge on any atom is 0.252 e. The van der Waals surface area contributed by atoms with Crippen LogP contribution in [0.5, 0.6) is 0 Å². The molecule has 1 aromatic carbocycles. The summed E-state index contributed by atoms with van der Waals surface area (Å²) in [6.45, 7) is 6.59. The molecule has 0 aliphatic rings. The van der Waals surface area contributed by atoms with Gasteiger partial charge in [0.1, 0.15) is 6.04 Å². The van der Waals surface area contributed by atoms with Gasteiger partial charge in [-0.3, -0.25) is 9.48 Å². The normalized spacial score (nSPS) is 11.7. The number of carbonyl (C=O) groups excluding carboxylic acids is 1. The zero-order valence-corrected chi connectivity index (χ0v) is 13.8. The molecule has 0 unspecified atom stereocenters. The Hall–Kier alpha value is -2.61. The third-order valence-corrected chi connectivity index (χ3v) is 3.66. The molecule has 0 aliphatic heterocycles. The molecule has 0 saturated carbocycles. The average molecular weight is 310 g/mol. The second kappa shape index (κ2) is 7.59. The van der Waals surface area contributed by atoms with Crippen LogP contribution in [-0.2, 0) is 6.54 Å². The molecule has 0 saturated heterocycles. The number of carbonyl (C=O) groups is 1. The average Bonchev–Trinajstić information content (AvgIpc) is 2.84. The van der Waals surface area contributed by atoms with Crippen LogP contribution in [0.15, 0.2) is 30.3 Å². The number of rotatable bonds is 6. The van der Waals surface area contributed by atoms with Crippen LogP contribution < -0.4 is 5.32 Å². The van der Waals surface area contributed by atoms with E-state index in [2.05, 4.69) is 16.5 Å². The zero-order chi connectivity index (χ0) is 16.8. The SMILES string of the molecule is CCC[C@@H](C#N)NC(=O)c1cccc(Cn2nc(C)cc2C)c1. The van der Waals surface area contributed by atoms with E-state index in [1.807, 2.05) is 49.7 Å². The van der Waals surface area contributed by atoms with E-state index >= 15 is 0 Å². The Balaban J connectivity index is 2.11. The number of nitriles is 1. The largest absolute Gasteiger partial charge is 0.336 e. The van der Waals surface area contributed by atoms with E-state index in [0.29, 0.717) is 18.5 Å². The van der Waals surface area contributed by atoms with E-state index in [-0.39, 0.29) is 5.91 Å². The lowest BCUT2D eigenvalue weighted by Crippen LogP contribution is -2.33. The fourth-order valence-corrected chi connectivity index (χ4v) is 2.52. The van der Waals surface area contributed by atoms with Crippen molar-refractivity contribution in [1.82, 2.24) is 15.1 Å². The van der Waals surface area contributed by atoms with Gasteiger partial charge >= 0.3 is 0 Å². The van der Waals surface area contributed by atoms with Gasteiger partial charge in [-0.15, -0.1) is 0 Å². The lowest BCUT2D eigenvalue weighted by Gasteiger charge is -2.11. The Kier molecular flexibility index (Phi) is 5.53. The van der Waals surface area contributed by atoms with Crippen LogP contribution in [0.3, 0.4) is 0 Å². The van der Waals surface area contributed by atoms with Crippen LogP contribution in [0.1, 0.15) is 47.1 Å². The maximum atomic E-state index is 12.3. The third kappa shape index (κ3) is 4.43. The molecule has 23 heavy (non-hydrogen) atoms. The Bertz CT molecular complexity index is 727. The predicted molar refractivity (Wildman–Crippen MR) is 89.0 cm³/mol. The van der Waals surface area contributed by atoms with E-state index in [1.165, 1.54) is 0 Å². The molecule has 1 amide bonds. The highest BCUT2D eigenvalue weighted by atomic mass is 16.1. The fourth-order valence-electron chi connectivity index (χ4n) is 2.52. The van der Waals surface area contributed by atoms with Gasteiger partial charge in [0, 0.05) is 11.3 Å². The van der Waals surface area contributed by atoms with Gasteiger partial charge in [0.2, 0.25) is 0 Å². The molecule has 2 rings (SSSR count). The highest BCUT2D eigenvalue weighted by Gasteiger charge is 2.13. The van der Waals surface area contributed by atoms with Gasteiger partial charge < -0.3 is 5.32 Å². The second-order valence-electron chi connectivity index (χ2n) is 5.73. The minimum absolute atomic E-state index is 0.208. The number of benzene rings is 1. The molecule has 1 heterocycles. The van der Waals surface area contributed by atoms with Gasteiger partial charge in [-0.25, -0.2) is 0 Å². The number of nitrogens with zero attached hydrogens (tertiary/aromatic N) is 3. The zero-order valence-electron chi connectivity index (χ0n) is 13.8. The maximum absolute atomic E-state index is 12.3. The standard InChI is InChI=1S/C18H22N4O/c1-4-6-17(11-19)20-18(23)16-8-5-7-15(10-16)12-22-14(3)9-13(2)21-22/h5,7-10,17H,4,6,12H2,1-3H3,(H,20,23)/t17-/m0/s1. The summed E-state index contributed by atoms with van der Waals surface area (Å²) in [4.78, 5) is 12.3. The monoisotopic (exact) mass is 310 g/mol. The molecule has 0 fully saturated rings. The topological polar surface area (TPSA) is 70.7 Å². The summed E-state index contributed by atoms with van der Waals surface area (Å²) < 4.78 is 1.92. The van der Waals surface area contributed by atoms with Crippen LogP contribution in [-0.4, -0.2) is 21.7 Å². The molecular weight excluding hydrogens is 288 g/mol. The molecule has 2 aromatic rings. The Morgan fingerprint density at radius 1 is 1.39 bits per heavy atom. The summed E-state index contributed by atoms with van der Waals surface area (Å²) in [6, 6.07) is 11.2. The summed E-state index contributed by atoms with van der Waals surface area (Å²) in [5.74, 6) is -0.208. The van der Waals surface area contributed by atoms with Crippen LogP contribution in [0, 0.1) is 25.2 Å². The molecule has 0 spiro atoms. The Morgan fingerprint density at radius 3 is 2.78 bits per heavy atom. The highest BCUT2D eigenvalue weighted by Crippen LogP contribution is 2.10. The minimum atomic E-state index is -0.438. The third-order valence-electron chi connectivity index (χ3n) is 3.66. The highest BCUT2D eigenvalue weighted by molar-refractivity contribution is 5.94. The van der Waals surface area contributed by atoms with Crippen molar-refractivity contribution in [3.05, 3.63) is 52.8 Å². The number of nitrogens with one attached hydrogen (secondary N) is 1. The van der Waals surface area contributed by atoms with Crippen LogP contribution in [0.25, 0.3) is 0 Å². The van der Waals surface area contributed by atoms with Crippen molar-refractivity contribution in [2.75, 3.05) is 0 Å². The van der Waals surface area contributed by atoms with Crippen LogP contribution >= 0.6 is 0 Å². The second-order valence-corrected chi connectivity index (χ2v) is 5.73. The van der Waals surface area contributed by atoms with E-state index in [4.69, 9.17) is 5.26 Å². The van der Waals surface area contributed by atoms with Crippen molar-refractivity contribution < 1.29 is 4.79 Å². The molecule has 1 N–H and O–H groups in total. The van der Waals surface area contributed by atoms with Gasteiger partial charge in [-0.05, 0) is 44.0 Å². The molecule has 1 aromatic heterocycles. The fraction of sp³-hybridized carbons (Fsp3) is 0.389. The first-order valence-corrected chi connectivity index (χ1v) is 7.84. The Labute approximate surface area is 136 Å². The van der Waals surface area contributed by atoms with Gasteiger partial charge in [-0.2, -0.15) is 10.4 Å². The number of amides is 1. The van der Waals surface area contributed by atoms with Crippen molar-refractivity contribution in [2.45, 2.75) is 46.2 Å². The quantitative estimate of drug-likeness (QED) is 0.891. The first kappa shape index (κ1) is 16.8. The van der Waals surface area contributed by atoms with E-state index in [0.717, 1.165) is 23.4 Å². The summed E-state index contributed by atoms with van der Waals surface area (Å²) in [5, 5.41) is 16.3. The number of aryl methyl sites for hydroxylation is 2. The Morgan fingerprint density at radius 2 is 2.17 bits per heavy atom. The molecule has 5 nitrogen and oxygen atoms in total. The molecule has 5 heteroatoms. The summed E-state index contributed by atoms with van der Waals surface area (Å²) >= 11 is 0. The first-order valence-electron chi connectivity index (χ1n) is 7.84. The molecule has 0 aliphatic carbocycles. The summed E-state index contributed by atoms with van der Waals surface area (Å²) in [7, 11) is 0. The molecule has 0 radical (unpaired) electrons. The predicted octanol–water partition coefficient (Wildman–Crippen LogP) is 2.97. The van der Waals surface area contributed by atoms with Crippen LogP contribution in [0.4, 0.5) is 0 Å². The number of aromatic nitrogens is 2. The summed E-state index contributed by atoms with van der Waals surface area (Å²) in [6.07, 6.45) is 1.52. The van der Waals surface area contributed by atoms with Crippen molar-refractivity contribution in [1.29, 1.82) is 5.26 Å².